The Morgan fingerprint density at radius 3 is 2.25 bits per heavy atom. The van der Waals surface area contributed by atoms with Crippen LogP contribution < -0.4 is 5.19 Å². The molecule has 1 atom stereocenters. The van der Waals surface area contributed by atoms with Crippen LogP contribution in [0.5, 0.6) is 0 Å². The van der Waals surface area contributed by atoms with E-state index in [-0.39, 0.29) is 0 Å². The van der Waals surface area contributed by atoms with Gasteiger partial charge in [0.1, 0.15) is 6.10 Å². The molecular formula is C16H26F2OSi. The Hall–Kier alpha value is -0.743. The predicted octanol–water partition coefficient (Wildman–Crippen LogP) is 4.72. The number of benzene rings is 1. The van der Waals surface area contributed by atoms with Gasteiger partial charge >= 0.3 is 0 Å². The Labute approximate surface area is 122 Å². The number of alkyl halides is 2. The monoisotopic (exact) mass is 300 g/mol. The SMILES string of the molecule is CCCCCCC(O[Si](C)(C)c1ccccc1)C(F)F. The third-order valence-corrected chi connectivity index (χ3v) is 6.15. The van der Waals surface area contributed by atoms with Crippen molar-refractivity contribution in [3.05, 3.63) is 30.3 Å². The normalized spacial score (nSPS) is 13.7. The van der Waals surface area contributed by atoms with Gasteiger partial charge in [-0.1, -0.05) is 62.9 Å². The van der Waals surface area contributed by atoms with E-state index in [2.05, 4.69) is 6.92 Å². The van der Waals surface area contributed by atoms with Gasteiger partial charge in [-0.05, 0) is 24.7 Å². The van der Waals surface area contributed by atoms with E-state index in [1.807, 2.05) is 43.4 Å². The third-order valence-electron chi connectivity index (χ3n) is 3.54. The van der Waals surface area contributed by atoms with Crippen molar-refractivity contribution in [1.29, 1.82) is 0 Å². The summed E-state index contributed by atoms with van der Waals surface area (Å²) in [5.74, 6) is 0. The summed E-state index contributed by atoms with van der Waals surface area (Å²) in [4.78, 5) is 0. The van der Waals surface area contributed by atoms with Gasteiger partial charge in [-0.2, -0.15) is 0 Å². The first-order valence-corrected chi connectivity index (χ1v) is 10.4. The van der Waals surface area contributed by atoms with Crippen LogP contribution in [0.4, 0.5) is 8.78 Å². The summed E-state index contributed by atoms with van der Waals surface area (Å²) < 4.78 is 32.2. The summed E-state index contributed by atoms with van der Waals surface area (Å²) in [6, 6.07) is 9.76. The average molecular weight is 300 g/mol. The molecule has 0 fully saturated rings. The topological polar surface area (TPSA) is 9.23 Å². The van der Waals surface area contributed by atoms with Gasteiger partial charge in [0.25, 0.3) is 6.43 Å². The lowest BCUT2D eigenvalue weighted by atomic mass is 10.1. The molecule has 0 saturated heterocycles. The zero-order chi connectivity index (χ0) is 15.0. The lowest BCUT2D eigenvalue weighted by Crippen LogP contribution is -2.48. The Balaban J connectivity index is 2.60. The molecule has 20 heavy (non-hydrogen) atoms. The van der Waals surface area contributed by atoms with Crippen LogP contribution in [0.15, 0.2) is 30.3 Å². The van der Waals surface area contributed by atoms with Gasteiger partial charge in [0.2, 0.25) is 8.32 Å². The number of hydrogen-bond acceptors (Lipinski definition) is 1. The van der Waals surface area contributed by atoms with Gasteiger partial charge in [-0.25, -0.2) is 8.78 Å². The molecular weight excluding hydrogens is 274 g/mol. The second-order valence-electron chi connectivity index (χ2n) is 5.72. The number of halogens is 2. The minimum absolute atomic E-state index is 0.459. The molecule has 0 aliphatic rings. The second-order valence-corrected chi connectivity index (χ2v) is 9.55. The number of rotatable bonds is 9. The van der Waals surface area contributed by atoms with Gasteiger partial charge in [0, 0.05) is 0 Å². The van der Waals surface area contributed by atoms with Crippen molar-refractivity contribution in [2.24, 2.45) is 0 Å². The van der Waals surface area contributed by atoms with Crippen molar-refractivity contribution in [3.8, 4) is 0 Å². The first-order chi connectivity index (χ1) is 9.47. The smallest absolute Gasteiger partial charge is 0.263 e. The minimum Gasteiger partial charge on any atom is -0.404 e. The first kappa shape index (κ1) is 17.3. The highest BCUT2D eigenvalue weighted by atomic mass is 28.4. The van der Waals surface area contributed by atoms with E-state index < -0.39 is 20.8 Å². The highest BCUT2D eigenvalue weighted by molar-refractivity contribution is 6.84. The van der Waals surface area contributed by atoms with E-state index >= 15 is 0 Å². The maximum Gasteiger partial charge on any atom is 0.263 e. The van der Waals surface area contributed by atoms with E-state index in [1.54, 1.807) is 0 Å². The summed E-state index contributed by atoms with van der Waals surface area (Å²) in [6.45, 7) is 6.10. The molecule has 0 aliphatic heterocycles. The highest BCUT2D eigenvalue weighted by Gasteiger charge is 2.32. The zero-order valence-corrected chi connectivity index (χ0v) is 13.7. The van der Waals surface area contributed by atoms with Crippen molar-refractivity contribution >= 4 is 13.5 Å². The first-order valence-electron chi connectivity index (χ1n) is 7.49. The molecule has 114 valence electrons. The average Bonchev–Trinajstić information content (AvgIpc) is 2.43. The van der Waals surface area contributed by atoms with Crippen molar-refractivity contribution in [2.45, 2.75) is 64.7 Å². The molecule has 0 spiro atoms. The van der Waals surface area contributed by atoms with Crippen LogP contribution >= 0.6 is 0 Å². The van der Waals surface area contributed by atoms with Crippen LogP contribution in [-0.4, -0.2) is 20.8 Å². The Morgan fingerprint density at radius 2 is 1.70 bits per heavy atom. The number of unbranched alkanes of at least 4 members (excludes halogenated alkanes) is 3. The van der Waals surface area contributed by atoms with Gasteiger partial charge in [-0.3, -0.25) is 0 Å². The van der Waals surface area contributed by atoms with Crippen LogP contribution in [0.3, 0.4) is 0 Å². The molecule has 0 amide bonds. The molecule has 0 heterocycles. The molecule has 1 nitrogen and oxygen atoms in total. The minimum atomic E-state index is -2.40. The summed E-state index contributed by atoms with van der Waals surface area (Å²) in [6.07, 6.45) is 1.19. The molecule has 0 radical (unpaired) electrons. The fraction of sp³-hybridized carbons (Fsp3) is 0.625. The summed E-state index contributed by atoms with van der Waals surface area (Å²) in [5.41, 5.74) is 0. The number of hydrogen-bond donors (Lipinski definition) is 0. The maximum atomic E-state index is 13.2. The molecule has 0 saturated carbocycles. The van der Waals surface area contributed by atoms with E-state index in [4.69, 9.17) is 4.43 Å². The summed E-state index contributed by atoms with van der Waals surface area (Å²) in [7, 11) is -2.25. The van der Waals surface area contributed by atoms with Gasteiger partial charge in [0.05, 0.1) is 0 Å². The van der Waals surface area contributed by atoms with E-state index in [0.717, 1.165) is 30.9 Å². The maximum absolute atomic E-state index is 13.2. The van der Waals surface area contributed by atoms with E-state index in [0.29, 0.717) is 6.42 Å². The lowest BCUT2D eigenvalue weighted by Gasteiger charge is -2.29. The molecule has 1 rings (SSSR count). The fourth-order valence-electron chi connectivity index (χ4n) is 2.29. The summed E-state index contributed by atoms with van der Waals surface area (Å²) >= 11 is 0. The largest absolute Gasteiger partial charge is 0.404 e. The Kier molecular flexibility index (Phi) is 7.38. The van der Waals surface area contributed by atoms with Crippen LogP contribution in [0, 0.1) is 0 Å². The second kappa shape index (κ2) is 8.52. The molecule has 1 aromatic rings. The molecule has 0 aromatic heterocycles. The fourth-order valence-corrected chi connectivity index (χ4v) is 4.40. The third kappa shape index (κ3) is 5.71. The molecule has 1 unspecified atom stereocenters. The van der Waals surface area contributed by atoms with E-state index in [9.17, 15) is 8.78 Å². The molecule has 0 bridgehead atoms. The zero-order valence-electron chi connectivity index (χ0n) is 12.7. The van der Waals surface area contributed by atoms with Crippen LogP contribution in [-0.2, 0) is 4.43 Å². The van der Waals surface area contributed by atoms with Gasteiger partial charge in [0.15, 0.2) is 0 Å². The van der Waals surface area contributed by atoms with Crippen molar-refractivity contribution in [1.82, 2.24) is 0 Å². The highest BCUT2D eigenvalue weighted by Crippen LogP contribution is 2.19. The van der Waals surface area contributed by atoms with Crippen molar-refractivity contribution in [3.63, 3.8) is 0 Å². The Morgan fingerprint density at radius 1 is 1.05 bits per heavy atom. The quantitative estimate of drug-likeness (QED) is 0.473. The lowest BCUT2D eigenvalue weighted by molar-refractivity contribution is 0.00219. The molecule has 0 aliphatic carbocycles. The van der Waals surface area contributed by atoms with Crippen LogP contribution in [0.2, 0.25) is 13.1 Å². The van der Waals surface area contributed by atoms with Gasteiger partial charge < -0.3 is 4.43 Å². The van der Waals surface area contributed by atoms with Crippen LogP contribution in [0.1, 0.15) is 39.0 Å². The van der Waals surface area contributed by atoms with Crippen LogP contribution in [0.25, 0.3) is 0 Å². The molecule has 4 heteroatoms. The van der Waals surface area contributed by atoms with Crippen molar-refractivity contribution < 1.29 is 13.2 Å². The molecule has 1 aromatic carbocycles. The standard InChI is InChI=1S/C16H26F2OSi/c1-4-5-6-10-13-15(16(17)18)19-20(2,3)14-11-8-7-9-12-14/h7-9,11-12,15-16H,4-6,10,13H2,1-3H3. The van der Waals surface area contributed by atoms with Crippen molar-refractivity contribution in [2.75, 3.05) is 0 Å². The summed E-state index contributed by atoms with van der Waals surface area (Å²) in [5, 5.41) is 1.07. The van der Waals surface area contributed by atoms with E-state index in [1.165, 1.54) is 0 Å². The van der Waals surface area contributed by atoms with Gasteiger partial charge in [-0.15, -0.1) is 0 Å². The molecule has 0 N–H and O–H groups in total. The Bertz CT molecular complexity index is 368. The predicted molar refractivity (Wildman–Crippen MR) is 83.2 cm³/mol.